The van der Waals surface area contributed by atoms with Crippen molar-refractivity contribution in [2.24, 2.45) is 0 Å². The van der Waals surface area contributed by atoms with E-state index in [1.807, 2.05) is 5.32 Å². The minimum Gasteiger partial charge on any atom is -0.463 e. The van der Waals surface area contributed by atoms with E-state index in [4.69, 9.17) is 11.6 Å². The fourth-order valence-corrected chi connectivity index (χ4v) is 2.36. The second-order valence-corrected chi connectivity index (χ2v) is 5.65. The van der Waals surface area contributed by atoms with Gasteiger partial charge in [0, 0.05) is 6.20 Å². The standard InChI is InChI=1S/C17H15ClF3N3O3/c1-2-27-15(26)16(17(19,20)21,23-13-9-5-6-10-22-13)24-14(25)11-7-3-4-8-12(11)18/h3-10H,2H2,1H3,(H,22,23)(H,24,25). The third kappa shape index (κ3) is 4.48. The maximum Gasteiger partial charge on any atom is 0.441 e. The largest absolute Gasteiger partial charge is 0.463 e. The Kier molecular flexibility index (Phi) is 6.27. The molecule has 1 unspecified atom stereocenters. The van der Waals surface area contributed by atoms with E-state index < -0.39 is 23.7 Å². The molecule has 27 heavy (non-hydrogen) atoms. The lowest BCUT2D eigenvalue weighted by Crippen LogP contribution is -2.69. The van der Waals surface area contributed by atoms with Gasteiger partial charge in [-0.1, -0.05) is 29.8 Å². The van der Waals surface area contributed by atoms with Crippen molar-refractivity contribution in [1.82, 2.24) is 10.3 Å². The molecule has 0 aliphatic carbocycles. The summed E-state index contributed by atoms with van der Waals surface area (Å²) < 4.78 is 46.5. The van der Waals surface area contributed by atoms with Crippen LogP contribution in [0.4, 0.5) is 19.0 Å². The van der Waals surface area contributed by atoms with E-state index in [9.17, 15) is 22.8 Å². The van der Waals surface area contributed by atoms with Gasteiger partial charge in [-0.15, -0.1) is 0 Å². The molecular formula is C17H15ClF3N3O3. The first-order chi connectivity index (χ1) is 12.7. The van der Waals surface area contributed by atoms with Gasteiger partial charge in [-0.2, -0.15) is 13.2 Å². The number of hydrogen-bond acceptors (Lipinski definition) is 5. The number of benzene rings is 1. The fraction of sp³-hybridized carbons (Fsp3) is 0.235. The molecule has 1 aromatic heterocycles. The molecule has 10 heteroatoms. The molecular weight excluding hydrogens is 387 g/mol. The normalized spacial score (nSPS) is 13.4. The number of esters is 1. The van der Waals surface area contributed by atoms with E-state index in [0.717, 1.165) is 0 Å². The first-order valence-corrected chi connectivity index (χ1v) is 8.09. The number of amides is 1. The van der Waals surface area contributed by atoms with Gasteiger partial charge < -0.3 is 15.4 Å². The van der Waals surface area contributed by atoms with Crippen molar-refractivity contribution < 1.29 is 27.5 Å². The Bertz CT molecular complexity index is 818. The molecule has 0 spiro atoms. The van der Waals surface area contributed by atoms with Gasteiger partial charge in [-0.05, 0) is 31.2 Å². The molecule has 0 aliphatic rings. The van der Waals surface area contributed by atoms with Crippen molar-refractivity contribution in [2.45, 2.75) is 18.8 Å². The highest BCUT2D eigenvalue weighted by molar-refractivity contribution is 6.33. The van der Waals surface area contributed by atoms with Gasteiger partial charge in [0.15, 0.2) is 0 Å². The minimum atomic E-state index is -5.26. The van der Waals surface area contributed by atoms with Crippen molar-refractivity contribution in [3.8, 4) is 0 Å². The van der Waals surface area contributed by atoms with Crippen LogP contribution in [0, 0.1) is 0 Å². The van der Waals surface area contributed by atoms with Gasteiger partial charge in [-0.3, -0.25) is 4.79 Å². The number of halogens is 4. The van der Waals surface area contributed by atoms with Crippen molar-refractivity contribution in [3.63, 3.8) is 0 Å². The number of alkyl halides is 3. The van der Waals surface area contributed by atoms with Crippen LogP contribution in [-0.4, -0.2) is 35.3 Å². The molecule has 2 aromatic rings. The number of nitrogens with one attached hydrogen (secondary N) is 2. The summed E-state index contributed by atoms with van der Waals surface area (Å²) in [5.74, 6) is -3.24. The van der Waals surface area contributed by atoms with Crippen LogP contribution >= 0.6 is 11.6 Å². The van der Waals surface area contributed by atoms with Crippen LogP contribution in [0.2, 0.25) is 5.02 Å². The Labute approximate surface area is 157 Å². The maximum atomic E-state index is 14.0. The van der Waals surface area contributed by atoms with Gasteiger partial charge in [-0.25, -0.2) is 9.78 Å². The Morgan fingerprint density at radius 1 is 1.15 bits per heavy atom. The second-order valence-electron chi connectivity index (χ2n) is 5.24. The van der Waals surface area contributed by atoms with Gasteiger partial charge in [0.25, 0.3) is 5.91 Å². The van der Waals surface area contributed by atoms with Gasteiger partial charge in [0.1, 0.15) is 5.82 Å². The molecule has 6 nitrogen and oxygen atoms in total. The average molecular weight is 402 g/mol. The zero-order valence-electron chi connectivity index (χ0n) is 14.0. The molecule has 0 bridgehead atoms. The minimum absolute atomic E-state index is 0.0761. The molecule has 1 amide bonds. The van der Waals surface area contributed by atoms with Gasteiger partial charge >= 0.3 is 17.8 Å². The zero-order valence-corrected chi connectivity index (χ0v) is 14.8. The number of nitrogens with zero attached hydrogens (tertiary/aromatic N) is 1. The van der Waals surface area contributed by atoms with Crippen LogP contribution in [0.3, 0.4) is 0 Å². The predicted octanol–water partition coefficient (Wildman–Crippen LogP) is 3.40. The highest BCUT2D eigenvalue weighted by atomic mass is 35.5. The molecule has 1 atom stereocenters. The molecule has 144 valence electrons. The summed E-state index contributed by atoms with van der Waals surface area (Å²) in [6.07, 6.45) is -4.03. The highest BCUT2D eigenvalue weighted by Crippen LogP contribution is 2.33. The number of rotatable bonds is 6. The van der Waals surface area contributed by atoms with E-state index in [0.29, 0.717) is 0 Å². The molecule has 2 rings (SSSR count). The third-order valence-corrected chi connectivity index (χ3v) is 3.74. The van der Waals surface area contributed by atoms with Crippen LogP contribution in [0.1, 0.15) is 17.3 Å². The van der Waals surface area contributed by atoms with E-state index in [1.165, 1.54) is 55.6 Å². The lowest BCUT2D eigenvalue weighted by Gasteiger charge is -2.35. The van der Waals surface area contributed by atoms with Crippen molar-refractivity contribution in [1.29, 1.82) is 0 Å². The van der Waals surface area contributed by atoms with Gasteiger partial charge in [0.2, 0.25) is 0 Å². The predicted molar refractivity (Wildman–Crippen MR) is 92.2 cm³/mol. The third-order valence-electron chi connectivity index (χ3n) is 3.41. The summed E-state index contributed by atoms with van der Waals surface area (Å²) >= 11 is 5.87. The van der Waals surface area contributed by atoms with E-state index in [-0.39, 0.29) is 23.0 Å². The van der Waals surface area contributed by atoms with Crippen molar-refractivity contribution in [3.05, 3.63) is 59.2 Å². The molecule has 1 aromatic carbocycles. The summed E-state index contributed by atoms with van der Waals surface area (Å²) in [5.41, 5.74) is -3.80. The Hall–Kier alpha value is -2.81. The van der Waals surface area contributed by atoms with Crippen molar-refractivity contribution >= 4 is 29.3 Å². The lowest BCUT2D eigenvalue weighted by molar-refractivity contribution is -0.204. The summed E-state index contributed by atoms with van der Waals surface area (Å²) in [7, 11) is 0. The Morgan fingerprint density at radius 3 is 2.37 bits per heavy atom. The van der Waals surface area contributed by atoms with Crippen molar-refractivity contribution in [2.75, 3.05) is 11.9 Å². The average Bonchev–Trinajstić information content (AvgIpc) is 2.61. The summed E-state index contributed by atoms with van der Waals surface area (Å²) in [4.78, 5) is 28.5. The number of pyridine rings is 1. The quantitative estimate of drug-likeness (QED) is 0.573. The summed E-state index contributed by atoms with van der Waals surface area (Å²) in [6, 6.07) is 9.60. The first-order valence-electron chi connectivity index (χ1n) is 7.71. The van der Waals surface area contributed by atoms with Crippen LogP contribution in [-0.2, 0) is 9.53 Å². The van der Waals surface area contributed by atoms with E-state index in [2.05, 4.69) is 9.72 Å². The Morgan fingerprint density at radius 2 is 1.81 bits per heavy atom. The topological polar surface area (TPSA) is 80.3 Å². The zero-order chi connectivity index (χ0) is 20.1. The van der Waals surface area contributed by atoms with Crippen LogP contribution in [0.5, 0.6) is 0 Å². The van der Waals surface area contributed by atoms with Crippen LogP contribution in [0.25, 0.3) is 0 Å². The molecule has 1 heterocycles. The molecule has 0 saturated heterocycles. The maximum absolute atomic E-state index is 14.0. The lowest BCUT2D eigenvalue weighted by atomic mass is 10.1. The highest BCUT2D eigenvalue weighted by Gasteiger charge is 2.64. The monoisotopic (exact) mass is 401 g/mol. The first kappa shape index (κ1) is 20.5. The van der Waals surface area contributed by atoms with Crippen LogP contribution in [0.15, 0.2) is 48.7 Å². The summed E-state index contributed by atoms with van der Waals surface area (Å²) in [6.45, 7) is 1.01. The SMILES string of the molecule is CCOC(=O)C(NC(=O)c1ccccc1Cl)(Nc1ccccn1)C(F)(F)F. The fourth-order valence-electron chi connectivity index (χ4n) is 2.14. The molecule has 0 fully saturated rings. The van der Waals surface area contributed by atoms with E-state index >= 15 is 0 Å². The smallest absolute Gasteiger partial charge is 0.441 e. The molecule has 0 saturated carbocycles. The number of carbonyl (C=O) groups excluding carboxylic acids is 2. The molecule has 2 N–H and O–H groups in total. The summed E-state index contributed by atoms with van der Waals surface area (Å²) in [5, 5.41) is 3.56. The number of hydrogen-bond donors (Lipinski definition) is 2. The number of aromatic nitrogens is 1. The number of carbonyl (C=O) groups is 2. The molecule has 0 aliphatic heterocycles. The van der Waals surface area contributed by atoms with Gasteiger partial charge in [0.05, 0.1) is 17.2 Å². The second kappa shape index (κ2) is 8.26. The van der Waals surface area contributed by atoms with E-state index in [1.54, 1.807) is 5.32 Å². The molecule has 0 radical (unpaired) electrons. The Balaban J connectivity index is 2.51. The number of ether oxygens (including phenoxy) is 1. The van der Waals surface area contributed by atoms with Crippen LogP contribution < -0.4 is 10.6 Å². The number of anilines is 1.